The van der Waals surface area contributed by atoms with Gasteiger partial charge in [-0.1, -0.05) is 24.3 Å². The van der Waals surface area contributed by atoms with Crippen LogP contribution in [0.1, 0.15) is 34.7 Å². The Hall–Kier alpha value is -3.54. The number of aryl methyl sites for hydroxylation is 1. The summed E-state index contributed by atoms with van der Waals surface area (Å²) in [6.07, 6.45) is 4.96. The van der Waals surface area contributed by atoms with E-state index in [0.717, 1.165) is 28.0 Å². The van der Waals surface area contributed by atoms with E-state index in [9.17, 15) is 4.79 Å². The lowest BCUT2D eigenvalue weighted by atomic mass is 10.1. The molecule has 0 radical (unpaired) electrons. The fourth-order valence-corrected chi connectivity index (χ4v) is 3.16. The van der Waals surface area contributed by atoms with Crippen molar-refractivity contribution < 1.29 is 4.79 Å². The van der Waals surface area contributed by atoms with E-state index in [4.69, 9.17) is 0 Å². The minimum atomic E-state index is -0.148. The van der Waals surface area contributed by atoms with Gasteiger partial charge in [0.15, 0.2) is 0 Å². The second-order valence-corrected chi connectivity index (χ2v) is 6.83. The average molecular weight is 371 g/mol. The van der Waals surface area contributed by atoms with Crippen LogP contribution in [0, 0.1) is 6.92 Å². The van der Waals surface area contributed by atoms with Crippen LogP contribution in [-0.4, -0.2) is 37.4 Å². The van der Waals surface area contributed by atoms with E-state index in [2.05, 4.69) is 19.5 Å². The molecule has 0 fully saturated rings. The highest BCUT2D eigenvalue weighted by Crippen LogP contribution is 2.23. The molecular formula is C22H21N5O. The first-order valence-corrected chi connectivity index (χ1v) is 9.13. The van der Waals surface area contributed by atoms with Crippen LogP contribution in [0.4, 0.5) is 0 Å². The monoisotopic (exact) mass is 371 g/mol. The molecule has 4 aromatic rings. The standard InChI is InChI=1S/C22H21N5O/c1-15-12-24-20(13-23-15)22(28)26(3)16(2)17-8-10-18(11-9-17)27-14-25-19-6-4-5-7-21(19)27/h4-14,16H,1-3H3. The molecule has 1 unspecified atom stereocenters. The lowest BCUT2D eigenvalue weighted by Crippen LogP contribution is -2.30. The van der Waals surface area contributed by atoms with E-state index in [1.54, 1.807) is 18.1 Å². The predicted octanol–water partition coefficient (Wildman–Crippen LogP) is 3.96. The summed E-state index contributed by atoms with van der Waals surface area (Å²) in [7, 11) is 1.78. The van der Waals surface area contributed by atoms with Crippen LogP contribution in [0.5, 0.6) is 0 Å². The Morgan fingerprint density at radius 2 is 1.75 bits per heavy atom. The maximum atomic E-state index is 12.7. The number of nitrogens with zero attached hydrogens (tertiary/aromatic N) is 5. The molecule has 2 aromatic heterocycles. The van der Waals surface area contributed by atoms with E-state index >= 15 is 0 Å². The number of carbonyl (C=O) groups excluding carboxylic acids is 1. The number of imidazole rings is 1. The van der Waals surface area contributed by atoms with Gasteiger partial charge in [0.1, 0.15) is 12.0 Å². The molecule has 1 atom stereocenters. The SMILES string of the molecule is Cc1cnc(C(=O)N(C)C(C)c2ccc(-n3cnc4ccccc43)cc2)cn1. The summed E-state index contributed by atoms with van der Waals surface area (Å²) in [5.41, 5.74) is 5.24. The molecule has 2 heterocycles. The zero-order valence-corrected chi connectivity index (χ0v) is 16.1. The first-order valence-electron chi connectivity index (χ1n) is 9.13. The minimum Gasteiger partial charge on any atom is -0.334 e. The Morgan fingerprint density at radius 1 is 1.00 bits per heavy atom. The van der Waals surface area contributed by atoms with Gasteiger partial charge in [-0.15, -0.1) is 0 Å². The first kappa shape index (κ1) is 17.9. The van der Waals surface area contributed by atoms with Gasteiger partial charge in [0.2, 0.25) is 0 Å². The number of rotatable bonds is 4. The Balaban J connectivity index is 1.56. The van der Waals surface area contributed by atoms with Crippen LogP contribution in [-0.2, 0) is 0 Å². The lowest BCUT2D eigenvalue weighted by molar-refractivity contribution is 0.0736. The summed E-state index contributed by atoms with van der Waals surface area (Å²) in [5.74, 6) is -0.148. The van der Waals surface area contributed by atoms with Crippen LogP contribution in [0.3, 0.4) is 0 Å². The fraction of sp³-hybridized carbons (Fsp3) is 0.182. The van der Waals surface area contributed by atoms with Crippen molar-refractivity contribution in [3.05, 3.63) is 84.2 Å². The van der Waals surface area contributed by atoms with Crippen LogP contribution >= 0.6 is 0 Å². The number of para-hydroxylation sites is 2. The Bertz CT molecular complexity index is 1120. The summed E-state index contributed by atoms with van der Waals surface area (Å²) in [6, 6.07) is 16.1. The molecule has 140 valence electrons. The van der Waals surface area contributed by atoms with Crippen LogP contribution in [0.15, 0.2) is 67.3 Å². The number of amides is 1. The predicted molar refractivity (Wildman–Crippen MR) is 108 cm³/mol. The summed E-state index contributed by atoms with van der Waals surface area (Å²) in [5, 5.41) is 0. The first-order chi connectivity index (χ1) is 13.5. The maximum absolute atomic E-state index is 12.7. The topological polar surface area (TPSA) is 63.9 Å². The molecule has 0 aliphatic heterocycles. The highest BCUT2D eigenvalue weighted by Gasteiger charge is 2.20. The van der Waals surface area contributed by atoms with Crippen molar-refractivity contribution in [2.75, 3.05) is 7.05 Å². The zero-order chi connectivity index (χ0) is 19.7. The largest absolute Gasteiger partial charge is 0.334 e. The third kappa shape index (κ3) is 3.24. The van der Waals surface area contributed by atoms with Gasteiger partial charge in [-0.25, -0.2) is 9.97 Å². The average Bonchev–Trinajstić information content (AvgIpc) is 3.17. The Kier molecular flexibility index (Phi) is 4.61. The number of aromatic nitrogens is 4. The second-order valence-electron chi connectivity index (χ2n) is 6.83. The van der Waals surface area contributed by atoms with Crippen molar-refractivity contribution in [3.63, 3.8) is 0 Å². The molecule has 0 saturated carbocycles. The van der Waals surface area contributed by atoms with Gasteiger partial charge < -0.3 is 4.90 Å². The van der Waals surface area contributed by atoms with E-state index in [0.29, 0.717) is 5.69 Å². The Morgan fingerprint density at radius 3 is 2.46 bits per heavy atom. The number of fused-ring (bicyclic) bond motifs is 1. The van der Waals surface area contributed by atoms with Crippen molar-refractivity contribution in [1.82, 2.24) is 24.4 Å². The van der Waals surface area contributed by atoms with Crippen molar-refractivity contribution >= 4 is 16.9 Å². The van der Waals surface area contributed by atoms with E-state index in [-0.39, 0.29) is 11.9 Å². The maximum Gasteiger partial charge on any atom is 0.274 e. The van der Waals surface area contributed by atoms with Gasteiger partial charge in [0, 0.05) is 18.9 Å². The third-order valence-electron chi connectivity index (χ3n) is 5.01. The van der Waals surface area contributed by atoms with E-state index < -0.39 is 0 Å². The van der Waals surface area contributed by atoms with Crippen LogP contribution < -0.4 is 0 Å². The van der Waals surface area contributed by atoms with Crippen molar-refractivity contribution in [3.8, 4) is 5.69 Å². The molecule has 1 amide bonds. The molecule has 0 N–H and O–H groups in total. The third-order valence-corrected chi connectivity index (χ3v) is 5.01. The van der Waals surface area contributed by atoms with Gasteiger partial charge in [-0.2, -0.15) is 0 Å². The van der Waals surface area contributed by atoms with Crippen molar-refractivity contribution in [2.45, 2.75) is 19.9 Å². The minimum absolute atomic E-state index is 0.0933. The van der Waals surface area contributed by atoms with Crippen molar-refractivity contribution in [2.24, 2.45) is 0 Å². The molecule has 0 aliphatic rings. The van der Waals surface area contributed by atoms with Crippen molar-refractivity contribution in [1.29, 1.82) is 0 Å². The summed E-state index contributed by atoms with van der Waals surface area (Å²) >= 11 is 0. The molecule has 0 saturated heterocycles. The second kappa shape index (κ2) is 7.23. The van der Waals surface area contributed by atoms with Gasteiger partial charge in [-0.05, 0) is 43.7 Å². The molecule has 0 aliphatic carbocycles. The van der Waals surface area contributed by atoms with E-state index in [1.807, 2.05) is 68.7 Å². The molecule has 4 rings (SSSR count). The van der Waals surface area contributed by atoms with E-state index in [1.165, 1.54) is 6.20 Å². The molecule has 28 heavy (non-hydrogen) atoms. The quantitative estimate of drug-likeness (QED) is 0.545. The smallest absolute Gasteiger partial charge is 0.274 e. The number of benzene rings is 2. The van der Waals surface area contributed by atoms with Crippen LogP contribution in [0.2, 0.25) is 0 Å². The lowest BCUT2D eigenvalue weighted by Gasteiger charge is -2.25. The van der Waals surface area contributed by atoms with Gasteiger partial charge >= 0.3 is 0 Å². The molecule has 2 aromatic carbocycles. The number of hydrogen-bond acceptors (Lipinski definition) is 4. The molecule has 6 heteroatoms. The fourth-order valence-electron chi connectivity index (χ4n) is 3.16. The normalized spacial score (nSPS) is 12.1. The van der Waals surface area contributed by atoms with Gasteiger partial charge in [0.05, 0.1) is 29.0 Å². The van der Waals surface area contributed by atoms with Gasteiger partial charge in [0.25, 0.3) is 5.91 Å². The highest BCUT2D eigenvalue weighted by atomic mass is 16.2. The molecular weight excluding hydrogens is 350 g/mol. The molecule has 6 nitrogen and oxygen atoms in total. The summed E-state index contributed by atoms with van der Waals surface area (Å²) < 4.78 is 2.06. The Labute approximate surface area is 163 Å². The number of hydrogen-bond donors (Lipinski definition) is 0. The summed E-state index contributed by atoms with van der Waals surface area (Å²) in [4.78, 5) is 27.2. The molecule has 0 bridgehead atoms. The van der Waals surface area contributed by atoms with Crippen LogP contribution in [0.25, 0.3) is 16.7 Å². The highest BCUT2D eigenvalue weighted by molar-refractivity contribution is 5.92. The summed E-state index contributed by atoms with van der Waals surface area (Å²) in [6.45, 7) is 3.85. The molecule has 0 spiro atoms. The van der Waals surface area contributed by atoms with Gasteiger partial charge in [-0.3, -0.25) is 14.3 Å². The number of carbonyl (C=O) groups is 1. The zero-order valence-electron chi connectivity index (χ0n) is 16.1.